The van der Waals surface area contributed by atoms with E-state index < -0.39 is 5.41 Å². The lowest BCUT2D eigenvalue weighted by molar-refractivity contribution is -0.126. The van der Waals surface area contributed by atoms with Gasteiger partial charge in [0.2, 0.25) is 5.91 Å². The number of amides is 1. The van der Waals surface area contributed by atoms with E-state index in [0.717, 1.165) is 44.2 Å². The summed E-state index contributed by atoms with van der Waals surface area (Å²) in [6, 6.07) is 26.2. The minimum absolute atomic E-state index is 0.0253. The highest BCUT2D eigenvalue weighted by Crippen LogP contribution is 2.32. The van der Waals surface area contributed by atoms with Gasteiger partial charge in [0.15, 0.2) is 0 Å². The number of thiazole rings is 1. The molecule has 0 radical (unpaired) electrons. The highest BCUT2D eigenvalue weighted by Gasteiger charge is 2.36. The Morgan fingerprint density at radius 2 is 1.64 bits per heavy atom. The van der Waals surface area contributed by atoms with Gasteiger partial charge in [-0.25, -0.2) is 9.97 Å². The molecule has 5 aromatic rings. The Morgan fingerprint density at radius 1 is 0.939 bits per heavy atom. The lowest BCUT2D eigenvalue weighted by Gasteiger charge is -2.28. The van der Waals surface area contributed by atoms with Gasteiger partial charge in [-0.1, -0.05) is 54.6 Å². The van der Waals surface area contributed by atoms with Crippen molar-refractivity contribution in [3.63, 3.8) is 0 Å². The van der Waals surface area contributed by atoms with Crippen molar-refractivity contribution in [3.8, 4) is 0 Å². The molecule has 33 heavy (non-hydrogen) atoms. The Hall–Kier alpha value is -3.51. The van der Waals surface area contributed by atoms with Gasteiger partial charge >= 0.3 is 0 Å². The number of carbonyl (C=O) groups excluding carboxylic acids is 1. The summed E-state index contributed by atoms with van der Waals surface area (Å²) in [5.41, 5.74) is 3.24. The number of nitrogens with one attached hydrogen (secondary N) is 1. The van der Waals surface area contributed by atoms with Gasteiger partial charge in [-0.3, -0.25) is 4.79 Å². The minimum atomic E-state index is -0.752. The van der Waals surface area contributed by atoms with E-state index in [1.165, 1.54) is 0 Å². The quantitative estimate of drug-likeness (QED) is 0.354. The molecule has 5 rings (SSSR count). The zero-order valence-electron chi connectivity index (χ0n) is 18.8. The number of aromatic nitrogens is 3. The molecule has 0 unspecified atom stereocenters. The molecule has 0 fully saturated rings. The molecule has 0 spiro atoms. The van der Waals surface area contributed by atoms with Crippen LogP contribution in [0.25, 0.3) is 21.3 Å². The van der Waals surface area contributed by atoms with Crippen molar-refractivity contribution >= 4 is 38.5 Å². The van der Waals surface area contributed by atoms with Crippen LogP contribution < -0.4 is 5.32 Å². The van der Waals surface area contributed by atoms with Gasteiger partial charge < -0.3 is 9.88 Å². The number of benzene rings is 3. The number of nitrogens with zero attached hydrogens (tertiary/aromatic N) is 3. The molecule has 0 aliphatic carbocycles. The first-order valence-corrected chi connectivity index (χ1v) is 12.0. The molecule has 0 aliphatic rings. The first kappa shape index (κ1) is 21.3. The van der Waals surface area contributed by atoms with Crippen LogP contribution >= 0.6 is 11.3 Å². The van der Waals surface area contributed by atoms with Gasteiger partial charge in [0.25, 0.3) is 0 Å². The molecule has 2 aromatic heterocycles. The Morgan fingerprint density at radius 3 is 2.39 bits per heavy atom. The van der Waals surface area contributed by atoms with Crippen LogP contribution in [0.2, 0.25) is 0 Å². The van der Waals surface area contributed by atoms with Crippen LogP contribution in [0.5, 0.6) is 0 Å². The van der Waals surface area contributed by atoms with Crippen molar-refractivity contribution in [2.75, 3.05) is 0 Å². The van der Waals surface area contributed by atoms with Crippen LogP contribution in [-0.4, -0.2) is 20.4 Å². The summed E-state index contributed by atoms with van der Waals surface area (Å²) in [5, 5.41) is 4.14. The standard InChI is InChI=1S/C27H26N4OS/c1-3-31-22-15-9-7-13-20(22)29-24(31)18-28-26(32)27(2,19-11-5-4-6-12-19)17-25-30-21-14-8-10-16-23(21)33-25/h4-16H,3,17-18H2,1-2H3,(H,28,32)/t27-/m0/s1. The lowest BCUT2D eigenvalue weighted by atomic mass is 9.78. The Labute approximate surface area is 197 Å². The molecule has 3 aromatic carbocycles. The second kappa shape index (κ2) is 8.79. The molecule has 2 heterocycles. The third kappa shape index (κ3) is 4.02. The summed E-state index contributed by atoms with van der Waals surface area (Å²) in [5.74, 6) is 0.838. The first-order valence-electron chi connectivity index (χ1n) is 11.2. The van der Waals surface area contributed by atoms with Crippen LogP contribution in [0.15, 0.2) is 78.9 Å². The van der Waals surface area contributed by atoms with Crippen LogP contribution in [0.4, 0.5) is 0 Å². The van der Waals surface area contributed by atoms with Crippen LogP contribution in [0.1, 0.15) is 30.2 Å². The van der Waals surface area contributed by atoms with Crippen molar-refractivity contribution in [1.29, 1.82) is 0 Å². The maximum absolute atomic E-state index is 13.7. The van der Waals surface area contributed by atoms with Gasteiger partial charge in [-0.15, -0.1) is 11.3 Å². The summed E-state index contributed by atoms with van der Waals surface area (Å²) in [6.07, 6.45) is 0.534. The van der Waals surface area contributed by atoms with E-state index in [0.29, 0.717) is 13.0 Å². The van der Waals surface area contributed by atoms with E-state index in [-0.39, 0.29) is 5.91 Å². The highest BCUT2D eigenvalue weighted by atomic mass is 32.1. The maximum atomic E-state index is 13.7. The van der Waals surface area contributed by atoms with Gasteiger partial charge in [0.05, 0.1) is 38.2 Å². The molecule has 6 heteroatoms. The topological polar surface area (TPSA) is 59.8 Å². The fourth-order valence-electron chi connectivity index (χ4n) is 4.39. The van der Waals surface area contributed by atoms with E-state index in [9.17, 15) is 4.79 Å². The molecular weight excluding hydrogens is 428 g/mol. The summed E-state index contributed by atoms with van der Waals surface area (Å²) < 4.78 is 3.29. The van der Waals surface area contributed by atoms with E-state index in [4.69, 9.17) is 9.97 Å². The number of rotatable bonds is 7. The van der Waals surface area contributed by atoms with Gasteiger partial charge in [0, 0.05) is 13.0 Å². The number of fused-ring (bicyclic) bond motifs is 2. The van der Waals surface area contributed by atoms with Crippen molar-refractivity contribution in [2.45, 2.75) is 38.8 Å². The number of hydrogen-bond acceptors (Lipinski definition) is 4. The number of aryl methyl sites for hydroxylation is 1. The van der Waals surface area contributed by atoms with Gasteiger partial charge in [-0.2, -0.15) is 0 Å². The predicted octanol–water partition coefficient (Wildman–Crippen LogP) is 5.48. The largest absolute Gasteiger partial charge is 0.348 e. The van der Waals surface area contributed by atoms with E-state index in [1.54, 1.807) is 11.3 Å². The molecule has 0 aliphatic heterocycles. The minimum Gasteiger partial charge on any atom is -0.348 e. The lowest BCUT2D eigenvalue weighted by Crippen LogP contribution is -2.44. The molecule has 5 nitrogen and oxygen atoms in total. The SMILES string of the molecule is CCn1c(CNC(=O)[C@@](C)(Cc2nc3ccccc3s2)c2ccccc2)nc2ccccc21. The zero-order valence-corrected chi connectivity index (χ0v) is 19.6. The zero-order chi connectivity index (χ0) is 22.8. The molecule has 0 bridgehead atoms. The Kier molecular flexibility index (Phi) is 5.68. The van der Waals surface area contributed by atoms with Crippen LogP contribution in [-0.2, 0) is 29.7 Å². The van der Waals surface area contributed by atoms with Gasteiger partial charge in [-0.05, 0) is 43.7 Å². The number of carbonyl (C=O) groups is 1. The molecule has 166 valence electrons. The predicted molar refractivity (Wildman–Crippen MR) is 134 cm³/mol. The average molecular weight is 455 g/mol. The summed E-state index contributed by atoms with van der Waals surface area (Å²) in [7, 11) is 0. The molecular formula is C27H26N4OS. The average Bonchev–Trinajstić information content (AvgIpc) is 3.42. The molecule has 1 atom stereocenters. The molecule has 1 N–H and O–H groups in total. The van der Waals surface area contributed by atoms with E-state index in [2.05, 4.69) is 28.9 Å². The Balaban J connectivity index is 1.45. The summed E-state index contributed by atoms with van der Waals surface area (Å²) in [6.45, 7) is 5.28. The number of imidazole rings is 1. The monoisotopic (exact) mass is 454 g/mol. The molecule has 1 amide bonds. The van der Waals surface area contributed by atoms with Crippen molar-refractivity contribution in [3.05, 3.63) is 95.3 Å². The summed E-state index contributed by atoms with van der Waals surface area (Å²) >= 11 is 1.65. The summed E-state index contributed by atoms with van der Waals surface area (Å²) in [4.78, 5) is 23.3. The first-order chi connectivity index (χ1) is 16.1. The van der Waals surface area contributed by atoms with E-state index >= 15 is 0 Å². The van der Waals surface area contributed by atoms with Crippen LogP contribution in [0.3, 0.4) is 0 Å². The molecule has 0 saturated carbocycles. The number of hydrogen-bond donors (Lipinski definition) is 1. The normalized spacial score (nSPS) is 13.3. The Bertz CT molecular complexity index is 1390. The highest BCUT2D eigenvalue weighted by molar-refractivity contribution is 7.18. The van der Waals surface area contributed by atoms with Crippen molar-refractivity contribution < 1.29 is 4.79 Å². The second-order valence-electron chi connectivity index (χ2n) is 8.39. The molecule has 0 saturated heterocycles. The number of para-hydroxylation sites is 3. The third-order valence-corrected chi connectivity index (χ3v) is 7.25. The van der Waals surface area contributed by atoms with Crippen molar-refractivity contribution in [1.82, 2.24) is 19.9 Å². The fourth-order valence-corrected chi connectivity index (χ4v) is 5.51. The van der Waals surface area contributed by atoms with Crippen LogP contribution in [0, 0.1) is 0 Å². The maximum Gasteiger partial charge on any atom is 0.231 e. The fraction of sp³-hybridized carbons (Fsp3) is 0.222. The third-order valence-electron chi connectivity index (χ3n) is 6.21. The van der Waals surface area contributed by atoms with E-state index in [1.807, 2.05) is 73.7 Å². The second-order valence-corrected chi connectivity index (χ2v) is 9.51. The van der Waals surface area contributed by atoms with Crippen molar-refractivity contribution in [2.24, 2.45) is 0 Å². The smallest absolute Gasteiger partial charge is 0.231 e. The van der Waals surface area contributed by atoms with Gasteiger partial charge in [0.1, 0.15) is 5.82 Å².